The fourth-order valence-electron chi connectivity index (χ4n) is 3.39. The number of aryl methyl sites for hydroxylation is 1. The van der Waals surface area contributed by atoms with Crippen molar-refractivity contribution in [2.75, 3.05) is 11.9 Å². The zero-order valence-corrected chi connectivity index (χ0v) is 19.6. The van der Waals surface area contributed by atoms with E-state index in [2.05, 4.69) is 33.5 Å². The first-order valence-corrected chi connectivity index (χ1v) is 12.1. The molecule has 0 aliphatic carbocycles. The zero-order chi connectivity index (χ0) is 22.7. The highest BCUT2D eigenvalue weighted by atomic mass is 32.2. The lowest BCUT2D eigenvalue weighted by Gasteiger charge is -2.13. The Balaban J connectivity index is 1.52. The van der Waals surface area contributed by atoms with E-state index in [1.165, 1.54) is 23.1 Å². The van der Waals surface area contributed by atoms with Gasteiger partial charge >= 0.3 is 5.97 Å². The summed E-state index contributed by atoms with van der Waals surface area (Å²) in [5, 5.41) is 15.1. The second-order valence-electron chi connectivity index (χ2n) is 7.15. The molecule has 32 heavy (non-hydrogen) atoms. The number of amides is 1. The van der Waals surface area contributed by atoms with Crippen LogP contribution in [-0.4, -0.2) is 43.3 Å². The minimum atomic E-state index is -0.375. The Morgan fingerprint density at radius 3 is 2.84 bits per heavy atom. The van der Waals surface area contributed by atoms with E-state index in [0.29, 0.717) is 29.0 Å². The number of benzene rings is 1. The van der Waals surface area contributed by atoms with Gasteiger partial charge in [0.15, 0.2) is 15.9 Å². The highest BCUT2D eigenvalue weighted by Crippen LogP contribution is 2.30. The van der Waals surface area contributed by atoms with E-state index >= 15 is 0 Å². The second-order valence-corrected chi connectivity index (χ2v) is 9.18. The van der Waals surface area contributed by atoms with Gasteiger partial charge in [0, 0.05) is 10.8 Å². The van der Waals surface area contributed by atoms with Gasteiger partial charge in [0.05, 0.1) is 29.5 Å². The number of thiazole rings is 1. The number of carbonyl (C=O) groups excluding carboxylic acids is 2. The number of esters is 1. The number of anilines is 1. The summed E-state index contributed by atoms with van der Waals surface area (Å²) < 4.78 is 6.93. The highest BCUT2D eigenvalue weighted by Gasteiger charge is 2.23. The summed E-state index contributed by atoms with van der Waals surface area (Å²) in [6.07, 6.45) is 0.695. The molecule has 1 unspecified atom stereocenters. The van der Waals surface area contributed by atoms with Gasteiger partial charge in [-0.1, -0.05) is 36.9 Å². The van der Waals surface area contributed by atoms with Crippen molar-refractivity contribution < 1.29 is 14.3 Å². The van der Waals surface area contributed by atoms with Crippen molar-refractivity contribution in [2.24, 2.45) is 0 Å². The maximum absolute atomic E-state index is 12.9. The Bertz CT molecular complexity index is 1280. The highest BCUT2D eigenvalue weighted by molar-refractivity contribution is 8.00. The number of pyridine rings is 1. The Kier molecular flexibility index (Phi) is 6.71. The molecule has 3 aromatic heterocycles. The zero-order valence-electron chi connectivity index (χ0n) is 18.0. The average Bonchev–Trinajstić information content (AvgIpc) is 3.38. The number of aromatic nitrogens is 4. The van der Waals surface area contributed by atoms with Crippen LogP contribution in [0.4, 0.5) is 5.13 Å². The third-order valence-electron chi connectivity index (χ3n) is 4.90. The molecule has 4 rings (SSSR count). The van der Waals surface area contributed by atoms with Crippen LogP contribution in [0.5, 0.6) is 0 Å². The Hall–Kier alpha value is -2.98. The van der Waals surface area contributed by atoms with E-state index in [0.717, 1.165) is 22.1 Å². The Labute approximate surface area is 193 Å². The number of hydrogen-bond acceptors (Lipinski definition) is 8. The molecule has 0 radical (unpaired) electrons. The Morgan fingerprint density at radius 1 is 1.25 bits per heavy atom. The van der Waals surface area contributed by atoms with Crippen LogP contribution >= 0.6 is 23.1 Å². The molecule has 166 valence electrons. The predicted octanol–water partition coefficient (Wildman–Crippen LogP) is 4.26. The molecule has 0 saturated heterocycles. The van der Waals surface area contributed by atoms with Crippen LogP contribution in [0.2, 0.25) is 0 Å². The maximum atomic E-state index is 12.9. The van der Waals surface area contributed by atoms with Gasteiger partial charge in [0.1, 0.15) is 0 Å². The van der Waals surface area contributed by atoms with Crippen LogP contribution in [0.25, 0.3) is 16.6 Å². The van der Waals surface area contributed by atoms with Crippen molar-refractivity contribution in [3.63, 3.8) is 0 Å². The number of rotatable bonds is 8. The van der Waals surface area contributed by atoms with Gasteiger partial charge < -0.3 is 10.1 Å². The molecular formula is C22H23N5O3S2. The minimum absolute atomic E-state index is 0.0877. The summed E-state index contributed by atoms with van der Waals surface area (Å²) in [5.74, 6) is -0.499. The van der Waals surface area contributed by atoms with Gasteiger partial charge in [0.25, 0.3) is 0 Å². The van der Waals surface area contributed by atoms with E-state index in [9.17, 15) is 9.59 Å². The van der Waals surface area contributed by atoms with Crippen LogP contribution in [0.3, 0.4) is 0 Å². The topological polar surface area (TPSA) is 98.5 Å². The molecule has 0 spiro atoms. The first kappa shape index (κ1) is 22.2. The number of ether oxygens (including phenoxy) is 1. The summed E-state index contributed by atoms with van der Waals surface area (Å²) in [4.78, 5) is 28.9. The standard InChI is InChI=1S/C22H23N5O3S2/c1-4-17(20(29)24-21-23-14(12-31-21)11-19(28)30-5-2)32-22-26-25-18-10-13(3)15-8-6-7-9-16(15)27(18)22/h6-10,12,17H,4-5,11H2,1-3H3,(H,23,24,29). The number of thioether (sulfide) groups is 1. The van der Waals surface area contributed by atoms with Crippen molar-refractivity contribution in [1.82, 2.24) is 19.6 Å². The molecule has 1 aromatic carbocycles. The van der Waals surface area contributed by atoms with Crippen LogP contribution < -0.4 is 5.32 Å². The molecule has 0 saturated carbocycles. The molecular weight excluding hydrogens is 446 g/mol. The van der Waals surface area contributed by atoms with Gasteiger partial charge in [-0.15, -0.1) is 21.5 Å². The van der Waals surface area contributed by atoms with Crippen LogP contribution in [-0.2, 0) is 20.7 Å². The van der Waals surface area contributed by atoms with Crippen LogP contribution in [0, 0.1) is 6.92 Å². The van der Waals surface area contributed by atoms with E-state index in [-0.39, 0.29) is 23.5 Å². The monoisotopic (exact) mass is 469 g/mol. The first-order chi connectivity index (χ1) is 15.5. The minimum Gasteiger partial charge on any atom is -0.466 e. The number of fused-ring (bicyclic) bond motifs is 3. The van der Waals surface area contributed by atoms with E-state index < -0.39 is 0 Å². The third kappa shape index (κ3) is 4.61. The van der Waals surface area contributed by atoms with Gasteiger partial charge in [-0.3, -0.25) is 14.0 Å². The van der Waals surface area contributed by atoms with Gasteiger partial charge in [-0.25, -0.2) is 4.98 Å². The molecule has 0 aliphatic rings. The average molecular weight is 470 g/mol. The largest absolute Gasteiger partial charge is 0.466 e. The van der Waals surface area contributed by atoms with Crippen molar-refractivity contribution in [1.29, 1.82) is 0 Å². The molecule has 4 aromatic rings. The molecule has 10 heteroatoms. The third-order valence-corrected chi connectivity index (χ3v) is 7.01. The molecule has 1 atom stereocenters. The van der Waals surface area contributed by atoms with Gasteiger partial charge in [-0.2, -0.15) is 0 Å². The normalized spacial score (nSPS) is 12.2. The van der Waals surface area contributed by atoms with Crippen molar-refractivity contribution in [2.45, 2.75) is 44.0 Å². The summed E-state index contributed by atoms with van der Waals surface area (Å²) in [6.45, 7) is 6.09. The number of nitrogens with one attached hydrogen (secondary N) is 1. The SMILES string of the molecule is CCOC(=O)Cc1csc(NC(=O)C(CC)Sc2nnc3cc(C)c4ccccc4n23)n1. The van der Waals surface area contributed by atoms with Gasteiger partial charge in [-0.05, 0) is 38.0 Å². The van der Waals surface area contributed by atoms with Crippen molar-refractivity contribution in [3.8, 4) is 0 Å². The van der Waals surface area contributed by atoms with Crippen molar-refractivity contribution in [3.05, 3.63) is 47.0 Å². The predicted molar refractivity (Wildman–Crippen MR) is 126 cm³/mol. The fourth-order valence-corrected chi connectivity index (χ4v) is 5.08. The number of hydrogen-bond donors (Lipinski definition) is 1. The quantitative estimate of drug-likeness (QED) is 0.304. The molecule has 3 heterocycles. The van der Waals surface area contributed by atoms with E-state index in [1.807, 2.05) is 35.6 Å². The van der Waals surface area contributed by atoms with Crippen LogP contribution in [0.1, 0.15) is 31.5 Å². The molecule has 0 aliphatic heterocycles. The lowest BCUT2D eigenvalue weighted by Crippen LogP contribution is -2.24. The lowest BCUT2D eigenvalue weighted by atomic mass is 10.1. The summed E-state index contributed by atoms with van der Waals surface area (Å²) in [7, 11) is 0. The van der Waals surface area contributed by atoms with Crippen molar-refractivity contribution >= 4 is 56.7 Å². The number of carbonyl (C=O) groups is 2. The summed E-state index contributed by atoms with van der Waals surface area (Å²) in [6, 6.07) is 10.1. The molecule has 0 bridgehead atoms. The lowest BCUT2D eigenvalue weighted by molar-refractivity contribution is -0.142. The first-order valence-electron chi connectivity index (χ1n) is 10.3. The molecule has 1 amide bonds. The van der Waals surface area contributed by atoms with Gasteiger partial charge in [0.2, 0.25) is 5.91 Å². The second kappa shape index (κ2) is 9.66. The molecule has 8 nitrogen and oxygen atoms in total. The molecule has 1 N–H and O–H groups in total. The van der Waals surface area contributed by atoms with Crippen LogP contribution in [0.15, 0.2) is 40.9 Å². The smallest absolute Gasteiger partial charge is 0.311 e. The van der Waals surface area contributed by atoms with E-state index in [4.69, 9.17) is 4.74 Å². The van der Waals surface area contributed by atoms with E-state index in [1.54, 1.807) is 12.3 Å². The maximum Gasteiger partial charge on any atom is 0.311 e. The number of para-hydroxylation sites is 1. The number of nitrogens with zero attached hydrogens (tertiary/aromatic N) is 4. The fraction of sp³-hybridized carbons (Fsp3) is 0.318. The summed E-state index contributed by atoms with van der Waals surface area (Å²) in [5.41, 5.74) is 3.47. The molecule has 0 fully saturated rings. The Morgan fingerprint density at radius 2 is 2.06 bits per heavy atom. The summed E-state index contributed by atoms with van der Waals surface area (Å²) >= 11 is 2.66.